The van der Waals surface area contributed by atoms with Crippen molar-refractivity contribution in [3.05, 3.63) is 59.2 Å². The van der Waals surface area contributed by atoms with Crippen molar-refractivity contribution in [2.45, 2.75) is 59.3 Å². The predicted molar refractivity (Wildman–Crippen MR) is 99.9 cm³/mol. The molecule has 0 heterocycles. The van der Waals surface area contributed by atoms with Crippen LogP contribution in [0.3, 0.4) is 0 Å². The van der Waals surface area contributed by atoms with Crippen LogP contribution in [-0.2, 0) is 12.8 Å². The molecule has 0 amide bonds. The molecule has 0 unspecified atom stereocenters. The molecule has 0 saturated heterocycles. The van der Waals surface area contributed by atoms with Gasteiger partial charge in [0.05, 0.1) is 0 Å². The maximum Gasteiger partial charge on any atom is 0.0389 e. The molecular formula is C21H31N. The SMILES string of the molecule is C/C=C\C=C(\C)C=NCCCCc1ccc(CCCC)cc1. The Morgan fingerprint density at radius 1 is 1.00 bits per heavy atom. The van der Waals surface area contributed by atoms with Crippen molar-refractivity contribution in [1.29, 1.82) is 0 Å². The number of hydrogen-bond acceptors (Lipinski definition) is 1. The zero-order valence-corrected chi connectivity index (χ0v) is 14.5. The summed E-state index contributed by atoms with van der Waals surface area (Å²) in [7, 11) is 0. The van der Waals surface area contributed by atoms with E-state index in [1.165, 1.54) is 42.4 Å². The summed E-state index contributed by atoms with van der Waals surface area (Å²) < 4.78 is 0. The molecule has 0 atom stereocenters. The van der Waals surface area contributed by atoms with Gasteiger partial charge in [-0.05, 0) is 62.7 Å². The topological polar surface area (TPSA) is 12.4 Å². The Labute approximate surface area is 136 Å². The van der Waals surface area contributed by atoms with Crippen LogP contribution in [0.5, 0.6) is 0 Å². The summed E-state index contributed by atoms with van der Waals surface area (Å²) in [5.74, 6) is 0. The summed E-state index contributed by atoms with van der Waals surface area (Å²) in [5.41, 5.74) is 4.13. The largest absolute Gasteiger partial charge is 0.293 e. The highest BCUT2D eigenvalue weighted by Crippen LogP contribution is 2.10. The van der Waals surface area contributed by atoms with Crippen molar-refractivity contribution in [2.75, 3.05) is 6.54 Å². The Bertz CT molecular complexity index is 477. The average Bonchev–Trinajstić information content (AvgIpc) is 2.55. The van der Waals surface area contributed by atoms with Gasteiger partial charge in [-0.2, -0.15) is 0 Å². The minimum Gasteiger partial charge on any atom is -0.293 e. The minimum absolute atomic E-state index is 0.926. The average molecular weight is 297 g/mol. The van der Waals surface area contributed by atoms with E-state index in [0.717, 1.165) is 19.4 Å². The number of unbranched alkanes of at least 4 members (excludes halogenated alkanes) is 2. The normalized spacial score (nSPS) is 12.6. The molecule has 22 heavy (non-hydrogen) atoms. The Hall–Kier alpha value is -1.63. The van der Waals surface area contributed by atoms with Gasteiger partial charge in [0.25, 0.3) is 0 Å². The van der Waals surface area contributed by atoms with Crippen LogP contribution in [-0.4, -0.2) is 12.8 Å². The highest BCUT2D eigenvalue weighted by molar-refractivity contribution is 5.78. The monoisotopic (exact) mass is 297 g/mol. The van der Waals surface area contributed by atoms with Crippen LogP contribution in [0.15, 0.2) is 53.1 Å². The van der Waals surface area contributed by atoms with Crippen molar-refractivity contribution < 1.29 is 0 Å². The quantitative estimate of drug-likeness (QED) is 0.288. The maximum absolute atomic E-state index is 4.48. The first kappa shape index (κ1) is 18.4. The summed E-state index contributed by atoms with van der Waals surface area (Å²) in [6, 6.07) is 9.16. The van der Waals surface area contributed by atoms with Crippen LogP contribution in [0, 0.1) is 0 Å². The lowest BCUT2D eigenvalue weighted by Gasteiger charge is -2.03. The number of aliphatic imine (C=N–C) groups is 1. The zero-order chi connectivity index (χ0) is 16.0. The molecule has 0 aliphatic carbocycles. The number of rotatable bonds is 10. The molecular weight excluding hydrogens is 266 g/mol. The van der Waals surface area contributed by atoms with E-state index in [1.807, 2.05) is 25.3 Å². The summed E-state index contributed by atoms with van der Waals surface area (Å²) >= 11 is 0. The van der Waals surface area contributed by atoms with Gasteiger partial charge >= 0.3 is 0 Å². The Morgan fingerprint density at radius 2 is 1.64 bits per heavy atom. The fraction of sp³-hybridized carbons (Fsp3) is 0.476. The van der Waals surface area contributed by atoms with Crippen LogP contribution < -0.4 is 0 Å². The molecule has 1 rings (SSSR count). The van der Waals surface area contributed by atoms with Gasteiger partial charge in [-0.1, -0.05) is 55.8 Å². The molecule has 0 bridgehead atoms. The van der Waals surface area contributed by atoms with Gasteiger partial charge in [-0.3, -0.25) is 4.99 Å². The number of benzene rings is 1. The van der Waals surface area contributed by atoms with Crippen molar-refractivity contribution >= 4 is 6.21 Å². The lowest BCUT2D eigenvalue weighted by Crippen LogP contribution is -1.90. The van der Waals surface area contributed by atoms with Crippen molar-refractivity contribution in [3.63, 3.8) is 0 Å². The van der Waals surface area contributed by atoms with Crippen LogP contribution in [0.1, 0.15) is 57.6 Å². The molecule has 1 nitrogen and oxygen atoms in total. The van der Waals surface area contributed by atoms with Crippen LogP contribution in [0.4, 0.5) is 0 Å². The highest BCUT2D eigenvalue weighted by atomic mass is 14.7. The van der Waals surface area contributed by atoms with Gasteiger partial charge in [0.2, 0.25) is 0 Å². The Morgan fingerprint density at radius 3 is 2.23 bits per heavy atom. The zero-order valence-electron chi connectivity index (χ0n) is 14.5. The molecule has 120 valence electrons. The molecule has 0 aliphatic heterocycles. The van der Waals surface area contributed by atoms with Crippen LogP contribution in [0.2, 0.25) is 0 Å². The smallest absolute Gasteiger partial charge is 0.0389 e. The van der Waals surface area contributed by atoms with Gasteiger partial charge in [0.1, 0.15) is 0 Å². The van der Waals surface area contributed by atoms with Crippen molar-refractivity contribution in [3.8, 4) is 0 Å². The molecule has 0 saturated carbocycles. The third-order valence-corrected chi connectivity index (χ3v) is 3.69. The first-order chi connectivity index (χ1) is 10.8. The van der Waals surface area contributed by atoms with Gasteiger partial charge in [0, 0.05) is 12.8 Å². The fourth-order valence-electron chi connectivity index (χ4n) is 2.29. The van der Waals surface area contributed by atoms with E-state index in [-0.39, 0.29) is 0 Å². The lowest BCUT2D eigenvalue weighted by atomic mass is 10.0. The first-order valence-electron chi connectivity index (χ1n) is 8.63. The van der Waals surface area contributed by atoms with Crippen LogP contribution >= 0.6 is 0 Å². The lowest BCUT2D eigenvalue weighted by molar-refractivity contribution is 0.746. The molecule has 0 radical (unpaired) electrons. The number of allylic oxidation sites excluding steroid dienone is 4. The molecule has 0 fully saturated rings. The second kappa shape index (κ2) is 12.0. The summed E-state index contributed by atoms with van der Waals surface area (Å²) in [4.78, 5) is 4.48. The van der Waals surface area contributed by atoms with Gasteiger partial charge in [0.15, 0.2) is 0 Å². The number of aryl methyl sites for hydroxylation is 2. The van der Waals surface area contributed by atoms with Crippen molar-refractivity contribution in [2.24, 2.45) is 4.99 Å². The molecule has 1 aromatic carbocycles. The van der Waals surface area contributed by atoms with Gasteiger partial charge in [-0.15, -0.1) is 0 Å². The van der Waals surface area contributed by atoms with Gasteiger partial charge < -0.3 is 0 Å². The highest BCUT2D eigenvalue weighted by Gasteiger charge is 1.95. The number of hydrogen-bond donors (Lipinski definition) is 0. The molecule has 0 aromatic heterocycles. The predicted octanol–water partition coefficient (Wildman–Crippen LogP) is 5.95. The summed E-state index contributed by atoms with van der Waals surface area (Å²) in [5, 5.41) is 0. The van der Waals surface area contributed by atoms with E-state index in [9.17, 15) is 0 Å². The van der Waals surface area contributed by atoms with E-state index in [0.29, 0.717) is 0 Å². The van der Waals surface area contributed by atoms with Crippen molar-refractivity contribution in [1.82, 2.24) is 0 Å². The summed E-state index contributed by atoms with van der Waals surface area (Å²) in [6.07, 6.45) is 15.4. The third-order valence-electron chi connectivity index (χ3n) is 3.69. The second-order valence-electron chi connectivity index (χ2n) is 5.85. The van der Waals surface area contributed by atoms with Gasteiger partial charge in [-0.25, -0.2) is 0 Å². The Balaban J connectivity index is 2.20. The first-order valence-corrected chi connectivity index (χ1v) is 8.63. The molecule has 0 aliphatic rings. The second-order valence-corrected chi connectivity index (χ2v) is 5.85. The molecule has 1 aromatic rings. The minimum atomic E-state index is 0.926. The molecule has 1 heteroatoms. The fourth-order valence-corrected chi connectivity index (χ4v) is 2.29. The van der Waals surface area contributed by atoms with E-state index in [2.05, 4.69) is 49.2 Å². The van der Waals surface area contributed by atoms with E-state index >= 15 is 0 Å². The molecule has 0 N–H and O–H groups in total. The standard InChI is InChI=1S/C21H31N/c1-4-6-10-19(3)18-22-17-9-8-12-21-15-13-20(14-16-21)11-7-5-2/h4,6,10,13-16,18H,5,7-9,11-12,17H2,1-3H3/b6-4-,19-10-,22-18?. The van der Waals surface area contributed by atoms with Crippen LogP contribution in [0.25, 0.3) is 0 Å². The molecule has 0 spiro atoms. The Kier molecular flexibility index (Phi) is 10.0. The van der Waals surface area contributed by atoms with E-state index in [4.69, 9.17) is 0 Å². The van der Waals surface area contributed by atoms with E-state index in [1.54, 1.807) is 0 Å². The summed E-state index contributed by atoms with van der Waals surface area (Å²) in [6.45, 7) is 7.28. The number of nitrogens with zero attached hydrogens (tertiary/aromatic N) is 1. The maximum atomic E-state index is 4.48. The third kappa shape index (κ3) is 8.61. The van der Waals surface area contributed by atoms with E-state index < -0.39 is 0 Å².